The van der Waals surface area contributed by atoms with Crippen LogP contribution >= 0.6 is 21.6 Å². The zero-order valence-electron chi connectivity index (χ0n) is 56.6. The van der Waals surface area contributed by atoms with Crippen LogP contribution in [-0.4, -0.2) is 252 Å². The number of hydrazine groups is 1. The van der Waals surface area contributed by atoms with Crippen molar-refractivity contribution in [2.45, 2.75) is 175 Å². The van der Waals surface area contributed by atoms with Gasteiger partial charge in [0.2, 0.25) is 11.8 Å². The van der Waals surface area contributed by atoms with Gasteiger partial charge in [0.15, 0.2) is 18.0 Å². The Morgan fingerprint density at radius 3 is 2.40 bits per heavy atom. The third kappa shape index (κ3) is 13.2. The average molecular weight is 1430 g/mol. The number of methoxy groups -OCH3 is 2. The highest BCUT2D eigenvalue weighted by molar-refractivity contribution is 8.76. The summed E-state index contributed by atoms with van der Waals surface area (Å²) >= 11 is 0. The van der Waals surface area contributed by atoms with Gasteiger partial charge in [-0.25, -0.2) is 24.5 Å². The number of hydrogen-bond acceptors (Lipinski definition) is 25. The van der Waals surface area contributed by atoms with E-state index in [1.54, 1.807) is 18.9 Å². The molecule has 546 valence electrons. The second-order valence-corrected chi connectivity index (χ2v) is 29.9. The van der Waals surface area contributed by atoms with Crippen molar-refractivity contribution in [2.24, 2.45) is 17.3 Å². The van der Waals surface area contributed by atoms with Gasteiger partial charge in [-0.15, -0.1) is 5.10 Å². The van der Waals surface area contributed by atoms with E-state index in [0.717, 1.165) is 43.6 Å². The Morgan fingerprint density at radius 2 is 1.68 bits per heavy atom. The van der Waals surface area contributed by atoms with Crippen molar-refractivity contribution >= 4 is 79.9 Å². The molecule has 100 heavy (non-hydrogen) atoms. The molecule has 2 saturated heterocycles. The van der Waals surface area contributed by atoms with E-state index in [2.05, 4.69) is 47.0 Å². The first-order valence-electron chi connectivity index (χ1n) is 33.9. The number of aliphatic carboxylic acids is 2. The standard InChI is InChI=1S/C67H91N11O20S2/c1-7-13-47(79)69-43(27-37-33-78(75-72-37)22-23-96-56-50(82)48(80)49(81)51(98-56)55(86)87)53(83)71-44(54(84)85)34-100-99-25-24-97-62(91)74-73-60(89)67(93)58-65(18-21-77-20-12-17-64(9-3,57(65)77)59(67)88)40-28-41(46(94-5)29-45(40)76(58)4)66(61(90)95-6)36-26-35(30-63(92,8-2)31-36)32-68-19-16-39-38-14-10-11-15-42(38)70-52(39)66/h10-12,14-15,17,28-29,33,35-36,43-44,48-51,56-59,68,70,80-82,88,92-93H,7-9,13,16,18-27,30-32,34H2,1-6H3,(H,69,79)(H,71,83)(H,73,89)(H,74,91)(H,84,85)(H,86,87)/t35-,36?,43-,44+,48-,49?,50?,51?,56+,57-,58+,59+,63-,64+,65+,66-,67-/m0/s1. The highest BCUT2D eigenvalue weighted by atomic mass is 33.1. The number of nitrogens with zero attached hydrogens (tertiary/aromatic N) is 5. The minimum absolute atomic E-state index is 0.0196. The SMILES string of the molecule is CCCC(=O)N[C@@H](Cc1cn(CCO[C@@H]2OC(C(=O)O)C(O)[C@H](O)C2O)nn1)C(=O)N[C@H](CSSCCOC(=O)NNC(=O)[C@@]1(O)[C@H](O)[C@]2(CC)C=CCN3CC[C@@]4(c5cc([C@]6(C(=O)OC)c7[nH]c8ccccc8c7CCNC[C@H]7CC6C[C@](O)(CC)C7)c(OC)cc5N(C)[C@@H]14)[C@@H]32)C(=O)O. The first-order chi connectivity index (χ1) is 47.8. The van der Waals surface area contributed by atoms with Crippen molar-refractivity contribution in [3.63, 3.8) is 0 Å². The van der Waals surface area contributed by atoms with Crippen molar-refractivity contribution in [3.05, 3.63) is 82.8 Å². The molecule has 2 bridgehead atoms. The monoisotopic (exact) mass is 1430 g/mol. The Balaban J connectivity index is 0.775. The number of nitrogens with one attached hydrogen (secondary N) is 6. The number of esters is 1. The average Bonchev–Trinajstić information content (AvgIpc) is 1.46. The van der Waals surface area contributed by atoms with E-state index in [4.69, 9.17) is 23.7 Å². The van der Waals surface area contributed by atoms with E-state index in [1.807, 2.05) is 62.4 Å². The zero-order chi connectivity index (χ0) is 71.8. The van der Waals surface area contributed by atoms with Crippen molar-refractivity contribution in [2.75, 3.05) is 77.1 Å². The number of aliphatic hydroxyl groups excluding tert-OH is 4. The molecule has 33 heteroatoms. The number of amides is 4. The maximum Gasteiger partial charge on any atom is 0.426 e. The lowest BCUT2D eigenvalue weighted by atomic mass is 9.47. The van der Waals surface area contributed by atoms with E-state index >= 15 is 9.59 Å². The number of benzene rings is 2. The molecule has 5 aliphatic heterocycles. The third-order valence-electron chi connectivity index (χ3n) is 21.8. The Hall–Kier alpha value is -7.15. The Labute approximate surface area is 584 Å². The van der Waals surface area contributed by atoms with Crippen LogP contribution in [0, 0.1) is 17.3 Å². The molecule has 17 atom stereocenters. The van der Waals surface area contributed by atoms with Gasteiger partial charge in [0.25, 0.3) is 5.91 Å². The van der Waals surface area contributed by atoms with Crippen molar-refractivity contribution in [1.82, 2.24) is 51.7 Å². The maximum absolute atomic E-state index is 15.9. The molecule has 0 radical (unpaired) electrons. The molecule has 7 aliphatic rings. The number of likely N-dealkylation sites (N-methyl/N-ethyl adjacent to an activating group) is 1. The summed E-state index contributed by atoms with van der Waals surface area (Å²) in [6, 6.07) is 7.30. The predicted molar refractivity (Wildman–Crippen MR) is 361 cm³/mol. The van der Waals surface area contributed by atoms with Crippen LogP contribution in [0.3, 0.4) is 0 Å². The van der Waals surface area contributed by atoms with Crippen LogP contribution < -0.4 is 36.4 Å². The van der Waals surface area contributed by atoms with Crippen LogP contribution in [0.1, 0.15) is 100 Å². The van der Waals surface area contributed by atoms with Crippen molar-refractivity contribution in [3.8, 4) is 5.75 Å². The number of carboxylic acid groups (broad SMARTS) is 2. The zero-order valence-corrected chi connectivity index (χ0v) is 58.2. The largest absolute Gasteiger partial charge is 0.496 e. The number of aromatic nitrogens is 4. The molecule has 2 saturated carbocycles. The van der Waals surface area contributed by atoms with Crippen LogP contribution in [0.2, 0.25) is 0 Å². The Kier molecular flexibility index (Phi) is 22.2. The van der Waals surface area contributed by atoms with Crippen molar-refractivity contribution in [1.29, 1.82) is 0 Å². The van der Waals surface area contributed by atoms with Gasteiger partial charge in [0, 0.05) is 94.9 Å². The third-order valence-corrected chi connectivity index (χ3v) is 24.2. The first kappa shape index (κ1) is 74.1. The van der Waals surface area contributed by atoms with Crippen LogP contribution in [0.5, 0.6) is 5.75 Å². The molecule has 2 aromatic heterocycles. The number of rotatable bonds is 25. The molecule has 2 aromatic carbocycles. The van der Waals surface area contributed by atoms with E-state index in [1.165, 1.54) is 25.1 Å². The molecule has 1 spiro atoms. The van der Waals surface area contributed by atoms with Gasteiger partial charge in [-0.05, 0) is 106 Å². The Morgan fingerprint density at radius 1 is 0.900 bits per heavy atom. The molecule has 14 N–H and O–H groups in total. The summed E-state index contributed by atoms with van der Waals surface area (Å²) in [5.41, 5.74) is 1.18. The summed E-state index contributed by atoms with van der Waals surface area (Å²) in [7, 11) is 6.81. The number of aromatic amines is 1. The first-order valence-corrected chi connectivity index (χ1v) is 36.4. The van der Waals surface area contributed by atoms with E-state index in [9.17, 15) is 64.8 Å². The van der Waals surface area contributed by atoms with Gasteiger partial charge in [-0.3, -0.25) is 29.5 Å². The summed E-state index contributed by atoms with van der Waals surface area (Å²) in [5.74, 6) is -6.31. The number of carboxylic acids is 2. The minimum Gasteiger partial charge on any atom is -0.496 e. The van der Waals surface area contributed by atoms with Gasteiger partial charge in [-0.1, -0.05) is 77.9 Å². The van der Waals surface area contributed by atoms with Gasteiger partial charge in [0.05, 0.1) is 44.7 Å². The van der Waals surface area contributed by atoms with Gasteiger partial charge in [0.1, 0.15) is 54.3 Å². The molecule has 4 unspecified atom stereocenters. The Bertz CT molecular complexity index is 3750. The summed E-state index contributed by atoms with van der Waals surface area (Å²) in [6.07, 6.45) is -3.40. The fourth-order valence-corrected chi connectivity index (χ4v) is 19.3. The number of carbonyl (C=O) groups is 7. The molecule has 11 rings (SSSR count). The lowest BCUT2D eigenvalue weighted by Gasteiger charge is -2.63. The summed E-state index contributed by atoms with van der Waals surface area (Å²) in [4.78, 5) is 103. The molecule has 4 fully saturated rings. The van der Waals surface area contributed by atoms with Gasteiger partial charge in [-0.2, -0.15) is 0 Å². The second kappa shape index (κ2) is 30.0. The smallest absolute Gasteiger partial charge is 0.426 e. The number of ether oxygens (including phenoxy) is 5. The normalized spacial score (nSPS) is 31.9. The van der Waals surface area contributed by atoms with Gasteiger partial charge >= 0.3 is 24.0 Å². The van der Waals surface area contributed by atoms with E-state index in [0.29, 0.717) is 87.4 Å². The quantitative estimate of drug-likeness (QED) is 0.0139. The molecule has 7 heterocycles. The van der Waals surface area contributed by atoms with Crippen LogP contribution in [0.4, 0.5) is 10.5 Å². The number of aliphatic hydroxyl groups is 6. The van der Waals surface area contributed by atoms with Gasteiger partial charge < -0.3 is 90.4 Å². The number of hydrogen-bond donors (Lipinski definition) is 14. The highest BCUT2D eigenvalue weighted by Gasteiger charge is 2.79. The van der Waals surface area contributed by atoms with Crippen molar-refractivity contribution < 1.29 is 98.1 Å². The fraction of sp³-hybridized carbons (Fsp3) is 0.627. The number of anilines is 1. The number of fused-ring (bicyclic) bond motifs is 6. The highest BCUT2D eigenvalue weighted by Crippen LogP contribution is 2.68. The van der Waals surface area contributed by atoms with Crippen LogP contribution in [-0.2, 0) is 77.9 Å². The predicted octanol–water partition coefficient (Wildman–Crippen LogP) is 0.277. The summed E-state index contributed by atoms with van der Waals surface area (Å²) in [6.45, 7) is 7.30. The molecular weight excluding hydrogens is 1340 g/mol. The number of H-pyrrole nitrogens is 1. The maximum atomic E-state index is 15.9. The van der Waals surface area contributed by atoms with Crippen LogP contribution in [0.25, 0.3) is 10.9 Å². The van der Waals surface area contributed by atoms with Crippen LogP contribution in [0.15, 0.2) is 54.7 Å². The number of carbonyl (C=O) groups excluding carboxylic acids is 5. The molecule has 4 amide bonds. The molecule has 4 aromatic rings. The second-order valence-electron chi connectivity index (χ2n) is 27.3. The molecule has 31 nitrogen and oxygen atoms in total. The van der Waals surface area contributed by atoms with E-state index in [-0.39, 0.29) is 68.6 Å². The fourth-order valence-electron chi connectivity index (χ4n) is 17.4. The molecular formula is C67H91N11O20S2. The van der Waals surface area contributed by atoms with E-state index < -0.39 is 136 Å². The lowest BCUT2D eigenvalue weighted by Crippen LogP contribution is -2.82. The summed E-state index contributed by atoms with van der Waals surface area (Å²) < 4.78 is 29.8. The number of para-hydroxylation sites is 1. The lowest BCUT2D eigenvalue weighted by molar-refractivity contribution is -0.294. The molecule has 2 aliphatic carbocycles. The topological polar surface area (TPSA) is 441 Å². The summed E-state index contributed by atoms with van der Waals surface area (Å²) in [5, 5.41) is 107. The minimum atomic E-state index is -2.67.